The Labute approximate surface area is 175 Å². The number of carbonyl (C=O) groups is 2. The molecule has 2 heterocycles. The zero-order chi connectivity index (χ0) is 20.8. The smallest absolute Gasteiger partial charge is 0.367 e. The van der Waals surface area contributed by atoms with E-state index in [0.717, 1.165) is 17.8 Å². The fourth-order valence-corrected chi connectivity index (χ4v) is 3.66. The third-order valence-electron chi connectivity index (χ3n) is 3.58. The Bertz CT molecular complexity index is 986. The van der Waals surface area contributed by atoms with Gasteiger partial charge >= 0.3 is 5.97 Å². The van der Waals surface area contributed by atoms with Crippen molar-refractivity contribution >= 4 is 39.7 Å². The van der Waals surface area contributed by atoms with Crippen LogP contribution in [0.1, 0.15) is 39.6 Å². The van der Waals surface area contributed by atoms with Gasteiger partial charge in [0.15, 0.2) is 0 Å². The maximum atomic E-state index is 12.6. The number of aromatic nitrogens is 2. The van der Waals surface area contributed by atoms with Crippen molar-refractivity contribution in [2.75, 3.05) is 11.9 Å². The van der Waals surface area contributed by atoms with Gasteiger partial charge in [-0.05, 0) is 48.4 Å². The molecule has 0 atom stereocenters. The molecule has 0 unspecified atom stereocenters. The molecule has 1 aromatic carbocycles. The zero-order valence-corrected chi connectivity index (χ0v) is 17.4. The van der Waals surface area contributed by atoms with Crippen LogP contribution in [0.25, 0.3) is 0 Å². The van der Waals surface area contributed by atoms with E-state index in [1.807, 2.05) is 25.3 Å². The molecule has 8 nitrogen and oxygen atoms in total. The molecule has 0 saturated carbocycles. The number of ether oxygens (including phenoxy) is 2. The van der Waals surface area contributed by atoms with Gasteiger partial charge in [0.05, 0.1) is 12.7 Å². The Morgan fingerprint density at radius 2 is 2.00 bits per heavy atom. The summed E-state index contributed by atoms with van der Waals surface area (Å²) in [6, 6.07) is 6.98. The molecule has 10 heteroatoms. The van der Waals surface area contributed by atoms with Crippen molar-refractivity contribution < 1.29 is 24.2 Å². The number of carboxylic acid groups (broad SMARTS) is 1. The monoisotopic (exact) mass is 433 g/mol. The Morgan fingerprint density at radius 1 is 1.21 bits per heavy atom. The van der Waals surface area contributed by atoms with Gasteiger partial charge in [0.2, 0.25) is 10.1 Å². The number of thiophene rings is 1. The van der Waals surface area contributed by atoms with Crippen molar-refractivity contribution in [1.29, 1.82) is 0 Å². The molecule has 0 radical (unpaired) electrons. The number of hydrogen-bond acceptors (Lipinski definition) is 8. The van der Waals surface area contributed by atoms with E-state index in [1.54, 1.807) is 29.5 Å². The molecule has 0 saturated heterocycles. The second-order valence-electron chi connectivity index (χ2n) is 6.26. The lowest BCUT2D eigenvalue weighted by Crippen LogP contribution is -2.13. The molecule has 0 aliphatic heterocycles. The Kier molecular flexibility index (Phi) is 6.78. The van der Waals surface area contributed by atoms with E-state index in [1.165, 1.54) is 5.56 Å². The highest BCUT2D eigenvalue weighted by atomic mass is 32.1. The molecule has 29 heavy (non-hydrogen) atoms. The third-order valence-corrected chi connectivity index (χ3v) is 5.14. The maximum Gasteiger partial charge on any atom is 0.367 e. The Balaban J connectivity index is 1.74. The molecule has 1 amide bonds. The summed E-state index contributed by atoms with van der Waals surface area (Å²) in [6.07, 6.45) is 0.677. The van der Waals surface area contributed by atoms with E-state index in [9.17, 15) is 9.59 Å². The van der Waals surface area contributed by atoms with Gasteiger partial charge in [-0.25, -0.2) is 4.79 Å². The van der Waals surface area contributed by atoms with Gasteiger partial charge in [0.25, 0.3) is 5.91 Å². The van der Waals surface area contributed by atoms with Crippen LogP contribution in [-0.4, -0.2) is 39.9 Å². The van der Waals surface area contributed by atoms with E-state index in [2.05, 4.69) is 20.9 Å². The van der Waals surface area contributed by atoms with Crippen LogP contribution in [0.2, 0.25) is 0 Å². The molecular formula is C19H19N3O5S2. The van der Waals surface area contributed by atoms with Crippen molar-refractivity contribution in [3.63, 3.8) is 0 Å². The fourth-order valence-electron chi connectivity index (χ4n) is 2.38. The minimum Gasteiger partial charge on any atom is -0.493 e. The minimum absolute atomic E-state index is 0.0757. The van der Waals surface area contributed by atoms with Crippen molar-refractivity contribution in [1.82, 2.24) is 10.2 Å². The first-order valence-electron chi connectivity index (χ1n) is 8.74. The van der Waals surface area contributed by atoms with Crippen LogP contribution < -0.4 is 14.8 Å². The molecule has 0 aliphatic rings. The molecule has 0 bridgehead atoms. The van der Waals surface area contributed by atoms with Gasteiger partial charge < -0.3 is 14.6 Å². The van der Waals surface area contributed by atoms with E-state index >= 15 is 0 Å². The maximum absolute atomic E-state index is 12.6. The third kappa shape index (κ3) is 6.00. The molecule has 152 valence electrons. The van der Waals surface area contributed by atoms with Crippen LogP contribution in [-0.2, 0) is 6.42 Å². The number of hydrogen-bond donors (Lipinski definition) is 2. The van der Waals surface area contributed by atoms with Crippen LogP contribution in [0.3, 0.4) is 0 Å². The van der Waals surface area contributed by atoms with E-state index in [-0.39, 0.29) is 16.2 Å². The molecule has 2 N–H and O–H groups in total. The lowest BCUT2D eigenvalue weighted by atomic mass is 10.2. The highest BCUT2D eigenvalue weighted by Gasteiger charge is 2.16. The topological polar surface area (TPSA) is 111 Å². The van der Waals surface area contributed by atoms with Crippen molar-refractivity contribution in [3.8, 4) is 11.5 Å². The first kappa shape index (κ1) is 20.7. The van der Waals surface area contributed by atoms with Crippen LogP contribution in [0.5, 0.6) is 11.5 Å². The summed E-state index contributed by atoms with van der Waals surface area (Å²) in [7, 11) is 0. The fraction of sp³-hybridized carbons (Fsp3) is 0.263. The first-order chi connectivity index (χ1) is 13.9. The number of rotatable bonds is 9. The summed E-state index contributed by atoms with van der Waals surface area (Å²) in [6.45, 7) is 4.23. The van der Waals surface area contributed by atoms with Gasteiger partial charge in [0, 0.05) is 18.1 Å². The summed E-state index contributed by atoms with van der Waals surface area (Å²) in [4.78, 5) is 23.5. The van der Waals surface area contributed by atoms with Crippen LogP contribution in [0, 0.1) is 0 Å². The SMILES string of the molecule is CC(C)Oc1cc(OCCc2ccsc2)cc(C(=O)Nc2nnc(C(=O)O)s2)c1. The van der Waals surface area contributed by atoms with Crippen LogP contribution >= 0.6 is 22.7 Å². The van der Waals surface area contributed by atoms with Crippen LogP contribution in [0.4, 0.5) is 5.13 Å². The van der Waals surface area contributed by atoms with Gasteiger partial charge in [-0.3, -0.25) is 10.1 Å². The van der Waals surface area contributed by atoms with Gasteiger partial charge in [-0.1, -0.05) is 11.3 Å². The van der Waals surface area contributed by atoms with Crippen molar-refractivity contribution in [3.05, 3.63) is 51.2 Å². The number of nitrogens with one attached hydrogen (secondary N) is 1. The summed E-state index contributed by atoms with van der Waals surface area (Å²) in [5, 5.41) is 22.6. The van der Waals surface area contributed by atoms with Gasteiger partial charge in [-0.2, -0.15) is 11.3 Å². The number of carbonyl (C=O) groups excluding carboxylic acids is 1. The number of carboxylic acids is 1. The first-order valence-corrected chi connectivity index (χ1v) is 10.5. The molecule has 3 rings (SSSR count). The lowest BCUT2D eigenvalue weighted by Gasteiger charge is -2.14. The van der Waals surface area contributed by atoms with Crippen LogP contribution in [0.15, 0.2) is 35.0 Å². The normalized spacial score (nSPS) is 10.7. The summed E-state index contributed by atoms with van der Waals surface area (Å²) < 4.78 is 11.5. The van der Waals surface area contributed by atoms with Gasteiger partial charge in [-0.15, -0.1) is 10.2 Å². The van der Waals surface area contributed by atoms with Crippen molar-refractivity contribution in [2.24, 2.45) is 0 Å². The van der Waals surface area contributed by atoms with Crippen molar-refractivity contribution in [2.45, 2.75) is 26.4 Å². The average Bonchev–Trinajstić information content (AvgIpc) is 3.33. The van der Waals surface area contributed by atoms with E-state index < -0.39 is 11.9 Å². The number of benzene rings is 1. The molecule has 0 aliphatic carbocycles. The highest BCUT2D eigenvalue weighted by Crippen LogP contribution is 2.25. The standard InChI is InChI=1S/C19H19N3O5S2/c1-11(2)27-15-8-13(16(23)20-19-22-21-17(29-19)18(24)25)7-14(9-15)26-5-3-12-4-6-28-10-12/h4,6-11H,3,5H2,1-2H3,(H,24,25)(H,20,22,23). The van der Waals surface area contributed by atoms with Gasteiger partial charge in [0.1, 0.15) is 11.5 Å². The second-order valence-corrected chi connectivity index (χ2v) is 8.02. The average molecular weight is 434 g/mol. The molecule has 0 spiro atoms. The largest absolute Gasteiger partial charge is 0.493 e. The lowest BCUT2D eigenvalue weighted by molar-refractivity contribution is 0.0695. The Morgan fingerprint density at radius 3 is 2.66 bits per heavy atom. The molecular weight excluding hydrogens is 414 g/mol. The predicted molar refractivity (Wildman–Crippen MR) is 111 cm³/mol. The zero-order valence-electron chi connectivity index (χ0n) is 15.7. The molecule has 3 aromatic rings. The highest BCUT2D eigenvalue weighted by molar-refractivity contribution is 7.17. The molecule has 0 fully saturated rings. The summed E-state index contributed by atoms with van der Waals surface area (Å²) >= 11 is 2.41. The minimum atomic E-state index is -1.20. The number of nitrogens with zero attached hydrogens (tertiary/aromatic N) is 2. The summed E-state index contributed by atoms with van der Waals surface area (Å²) in [5.41, 5.74) is 1.49. The molecule has 2 aromatic heterocycles. The quantitative estimate of drug-likeness (QED) is 0.525. The van der Waals surface area contributed by atoms with E-state index in [0.29, 0.717) is 23.7 Å². The Hall–Kier alpha value is -2.98. The predicted octanol–water partition coefficient (Wildman–Crippen LogP) is 3.96. The number of amides is 1. The number of anilines is 1. The second kappa shape index (κ2) is 9.48. The summed E-state index contributed by atoms with van der Waals surface area (Å²) in [5.74, 6) is -0.652. The van der Waals surface area contributed by atoms with E-state index in [4.69, 9.17) is 14.6 Å². The number of aromatic carboxylic acids is 1.